The van der Waals surface area contributed by atoms with Crippen LogP contribution in [0.3, 0.4) is 0 Å². The molecule has 6 heteroatoms. The first-order valence-corrected chi connectivity index (χ1v) is 8.86. The minimum absolute atomic E-state index is 0.208. The Morgan fingerprint density at radius 2 is 1.87 bits per heavy atom. The lowest BCUT2D eigenvalue weighted by Crippen LogP contribution is -2.47. The number of ether oxygens (including phenoxy) is 1. The van der Waals surface area contributed by atoms with Crippen LogP contribution in [0, 0.1) is 0 Å². The summed E-state index contributed by atoms with van der Waals surface area (Å²) < 4.78 is 5.51. The average Bonchev–Trinajstić information content (AvgIpc) is 3.16. The van der Waals surface area contributed by atoms with Crippen LogP contribution in [0.4, 0.5) is 4.79 Å². The zero-order chi connectivity index (χ0) is 16.9. The monoisotopic (exact) mass is 324 g/mol. The molecule has 0 aromatic carbocycles. The van der Waals surface area contributed by atoms with E-state index in [0.29, 0.717) is 25.2 Å². The first-order chi connectivity index (χ1) is 10.9. The van der Waals surface area contributed by atoms with Crippen LogP contribution in [0.1, 0.15) is 59.3 Å². The van der Waals surface area contributed by atoms with Crippen molar-refractivity contribution in [3.63, 3.8) is 0 Å². The van der Waals surface area contributed by atoms with Gasteiger partial charge in [-0.2, -0.15) is 0 Å². The van der Waals surface area contributed by atoms with Crippen molar-refractivity contribution in [2.24, 2.45) is 4.99 Å². The van der Waals surface area contributed by atoms with Crippen molar-refractivity contribution >= 4 is 12.1 Å². The molecule has 2 rings (SSSR count). The van der Waals surface area contributed by atoms with Gasteiger partial charge in [0.05, 0.1) is 0 Å². The van der Waals surface area contributed by atoms with Crippen LogP contribution >= 0.6 is 0 Å². The summed E-state index contributed by atoms with van der Waals surface area (Å²) in [5.41, 5.74) is -0.447. The van der Waals surface area contributed by atoms with Gasteiger partial charge in [0.1, 0.15) is 5.60 Å². The molecule has 132 valence electrons. The Bertz CT molecular complexity index is 421. The molecule has 0 aliphatic heterocycles. The van der Waals surface area contributed by atoms with Crippen molar-refractivity contribution in [2.75, 3.05) is 20.1 Å². The molecule has 6 nitrogen and oxygen atoms in total. The molecule has 0 spiro atoms. The molecule has 2 N–H and O–H groups in total. The summed E-state index contributed by atoms with van der Waals surface area (Å²) in [6.07, 6.45) is 6.97. The number of nitrogens with zero attached hydrogens (tertiary/aromatic N) is 2. The van der Waals surface area contributed by atoms with Crippen molar-refractivity contribution in [2.45, 2.75) is 77.0 Å². The number of carbonyl (C=O) groups excluding carboxylic acids is 1. The van der Waals surface area contributed by atoms with Gasteiger partial charge in [-0.15, -0.1) is 0 Å². The third-order valence-electron chi connectivity index (χ3n) is 4.18. The predicted molar refractivity (Wildman–Crippen MR) is 92.7 cm³/mol. The van der Waals surface area contributed by atoms with E-state index in [4.69, 9.17) is 4.74 Å². The predicted octanol–water partition coefficient (Wildman–Crippen LogP) is 2.49. The number of rotatable bonds is 5. The number of nitrogens with one attached hydrogen (secondary N) is 2. The largest absolute Gasteiger partial charge is 0.444 e. The lowest BCUT2D eigenvalue weighted by atomic mass is 10.2. The van der Waals surface area contributed by atoms with E-state index in [0.717, 1.165) is 18.8 Å². The van der Waals surface area contributed by atoms with Crippen LogP contribution < -0.4 is 10.6 Å². The Hall–Kier alpha value is -1.46. The third-order valence-corrected chi connectivity index (χ3v) is 4.18. The van der Waals surface area contributed by atoms with Crippen LogP contribution in [-0.2, 0) is 4.74 Å². The summed E-state index contributed by atoms with van der Waals surface area (Å²) >= 11 is 0. The second-order valence-electron chi connectivity index (χ2n) is 7.53. The molecule has 0 radical (unpaired) electrons. The number of aliphatic imine (C=N–C) groups is 1. The van der Waals surface area contributed by atoms with E-state index in [1.54, 1.807) is 7.05 Å². The summed E-state index contributed by atoms with van der Waals surface area (Å²) in [4.78, 5) is 18.4. The SMILES string of the molecule is CN=C(NCCN(C(=O)OC(C)(C)C)C1CC1)NC1CCCC1. The molecule has 0 bridgehead atoms. The highest BCUT2D eigenvalue weighted by molar-refractivity contribution is 5.80. The van der Waals surface area contributed by atoms with E-state index in [1.165, 1.54) is 25.7 Å². The Morgan fingerprint density at radius 1 is 1.22 bits per heavy atom. The van der Waals surface area contributed by atoms with Gasteiger partial charge < -0.3 is 20.3 Å². The Balaban J connectivity index is 1.76. The molecule has 2 aliphatic rings. The zero-order valence-electron chi connectivity index (χ0n) is 15.0. The van der Waals surface area contributed by atoms with Crippen LogP contribution in [0.15, 0.2) is 4.99 Å². The summed E-state index contributed by atoms with van der Waals surface area (Å²) in [7, 11) is 1.79. The molecule has 0 aromatic rings. The van der Waals surface area contributed by atoms with E-state index in [1.807, 2.05) is 25.7 Å². The fourth-order valence-electron chi connectivity index (χ4n) is 2.88. The second-order valence-corrected chi connectivity index (χ2v) is 7.53. The van der Waals surface area contributed by atoms with Crippen molar-refractivity contribution < 1.29 is 9.53 Å². The Morgan fingerprint density at radius 3 is 2.39 bits per heavy atom. The highest BCUT2D eigenvalue weighted by atomic mass is 16.6. The molecule has 0 unspecified atom stereocenters. The molecule has 2 fully saturated rings. The lowest BCUT2D eigenvalue weighted by Gasteiger charge is -2.28. The standard InChI is InChI=1S/C17H32N4O2/c1-17(2,3)23-16(22)21(14-9-10-14)12-11-19-15(18-4)20-13-7-5-6-8-13/h13-14H,5-12H2,1-4H3,(H2,18,19,20). The van der Waals surface area contributed by atoms with Gasteiger partial charge in [0.2, 0.25) is 0 Å². The molecule has 0 heterocycles. The van der Waals surface area contributed by atoms with Crippen molar-refractivity contribution in [3.8, 4) is 0 Å². The first-order valence-electron chi connectivity index (χ1n) is 8.86. The minimum atomic E-state index is -0.447. The molecular weight excluding hydrogens is 292 g/mol. The van der Waals surface area contributed by atoms with Crippen LogP contribution in [0.2, 0.25) is 0 Å². The van der Waals surface area contributed by atoms with Gasteiger partial charge in [-0.1, -0.05) is 12.8 Å². The maximum Gasteiger partial charge on any atom is 0.410 e. The summed E-state index contributed by atoms with van der Waals surface area (Å²) in [5.74, 6) is 0.830. The normalized spacial score (nSPS) is 19.6. The zero-order valence-corrected chi connectivity index (χ0v) is 15.0. The third kappa shape index (κ3) is 6.28. The second kappa shape index (κ2) is 7.88. The number of guanidine groups is 1. The van der Waals surface area contributed by atoms with Crippen molar-refractivity contribution in [1.82, 2.24) is 15.5 Å². The van der Waals surface area contributed by atoms with Gasteiger partial charge in [-0.25, -0.2) is 4.79 Å². The topological polar surface area (TPSA) is 66.0 Å². The highest BCUT2D eigenvalue weighted by Crippen LogP contribution is 2.28. The van der Waals surface area contributed by atoms with E-state index < -0.39 is 5.60 Å². The molecule has 23 heavy (non-hydrogen) atoms. The van der Waals surface area contributed by atoms with Gasteiger partial charge in [0, 0.05) is 32.2 Å². The fraction of sp³-hybridized carbons (Fsp3) is 0.882. The molecule has 0 saturated heterocycles. The van der Waals surface area contributed by atoms with Crippen molar-refractivity contribution in [3.05, 3.63) is 0 Å². The number of hydrogen-bond acceptors (Lipinski definition) is 3. The minimum Gasteiger partial charge on any atom is -0.444 e. The van der Waals surface area contributed by atoms with Gasteiger partial charge in [-0.3, -0.25) is 4.99 Å². The maximum absolute atomic E-state index is 12.3. The smallest absolute Gasteiger partial charge is 0.410 e. The van der Waals surface area contributed by atoms with Crippen LogP contribution in [-0.4, -0.2) is 54.8 Å². The van der Waals surface area contributed by atoms with Gasteiger partial charge >= 0.3 is 6.09 Å². The van der Waals surface area contributed by atoms with E-state index in [9.17, 15) is 4.79 Å². The van der Waals surface area contributed by atoms with Gasteiger partial charge in [-0.05, 0) is 46.5 Å². The molecular formula is C17H32N4O2. The maximum atomic E-state index is 12.3. The fourth-order valence-corrected chi connectivity index (χ4v) is 2.88. The molecule has 0 atom stereocenters. The first kappa shape index (κ1) is 17.9. The van der Waals surface area contributed by atoms with Crippen LogP contribution in [0.5, 0.6) is 0 Å². The quantitative estimate of drug-likeness (QED) is 0.602. The summed E-state index contributed by atoms with van der Waals surface area (Å²) in [6, 6.07) is 0.878. The van der Waals surface area contributed by atoms with Gasteiger partial charge in [0.15, 0.2) is 5.96 Å². The van der Waals surface area contributed by atoms with Crippen molar-refractivity contribution in [1.29, 1.82) is 0 Å². The van der Waals surface area contributed by atoms with Crippen LogP contribution in [0.25, 0.3) is 0 Å². The van der Waals surface area contributed by atoms with E-state index in [-0.39, 0.29) is 6.09 Å². The number of amides is 1. The lowest BCUT2D eigenvalue weighted by molar-refractivity contribution is 0.0238. The summed E-state index contributed by atoms with van der Waals surface area (Å²) in [6.45, 7) is 7.04. The molecule has 2 aliphatic carbocycles. The van der Waals surface area contributed by atoms with E-state index in [2.05, 4.69) is 15.6 Å². The van der Waals surface area contributed by atoms with E-state index >= 15 is 0 Å². The molecule has 2 saturated carbocycles. The Labute approximate surface area is 140 Å². The number of carbonyl (C=O) groups is 1. The van der Waals surface area contributed by atoms with Gasteiger partial charge in [0.25, 0.3) is 0 Å². The Kier molecular flexibility index (Phi) is 6.13. The highest BCUT2D eigenvalue weighted by Gasteiger charge is 2.34. The molecule has 1 amide bonds. The summed E-state index contributed by atoms with van der Waals surface area (Å²) in [5, 5.41) is 6.77. The number of hydrogen-bond donors (Lipinski definition) is 2. The average molecular weight is 324 g/mol. The molecule has 0 aromatic heterocycles.